The van der Waals surface area contributed by atoms with Gasteiger partial charge in [0, 0.05) is 12.3 Å². The van der Waals surface area contributed by atoms with Crippen LogP contribution in [0, 0.1) is 52.3 Å². The van der Waals surface area contributed by atoms with E-state index in [1.165, 1.54) is 38.5 Å². The van der Waals surface area contributed by atoms with E-state index < -0.39 is 0 Å². The molecule has 31 heavy (non-hydrogen) atoms. The molecule has 6 aliphatic rings. The van der Waals surface area contributed by atoms with Gasteiger partial charge in [-0.15, -0.1) is 0 Å². The van der Waals surface area contributed by atoms with Gasteiger partial charge in [-0.1, -0.05) is 27.7 Å². The lowest BCUT2D eigenvalue weighted by Gasteiger charge is -2.62. The van der Waals surface area contributed by atoms with Crippen LogP contribution >= 0.6 is 0 Å². The van der Waals surface area contributed by atoms with Gasteiger partial charge in [-0.25, -0.2) is 0 Å². The van der Waals surface area contributed by atoms with Crippen LogP contribution in [-0.2, 0) is 9.47 Å². The van der Waals surface area contributed by atoms with Crippen molar-refractivity contribution in [2.45, 2.75) is 110 Å². The van der Waals surface area contributed by atoms with E-state index in [0.717, 1.165) is 19.4 Å². The molecule has 6 fully saturated rings. The lowest BCUT2D eigenvalue weighted by atomic mass is 9.43. The Morgan fingerprint density at radius 1 is 0.871 bits per heavy atom. The lowest BCUT2D eigenvalue weighted by molar-refractivity contribution is -0.273. The van der Waals surface area contributed by atoms with Crippen molar-refractivity contribution in [1.82, 2.24) is 0 Å². The Labute approximate surface area is 188 Å². The summed E-state index contributed by atoms with van der Waals surface area (Å²) in [6.07, 6.45) is 9.56. The Bertz CT molecular complexity index is 716. The normalized spacial score (nSPS) is 63.3. The van der Waals surface area contributed by atoms with Crippen molar-refractivity contribution in [2.24, 2.45) is 52.3 Å². The van der Waals surface area contributed by atoms with Gasteiger partial charge in [-0.3, -0.25) is 0 Å². The van der Waals surface area contributed by atoms with E-state index in [9.17, 15) is 10.2 Å². The average Bonchev–Trinajstić information content (AvgIpc) is 3.16. The third kappa shape index (κ3) is 2.74. The van der Waals surface area contributed by atoms with Gasteiger partial charge in [-0.05, 0) is 97.7 Å². The molecule has 4 nitrogen and oxygen atoms in total. The van der Waals surface area contributed by atoms with E-state index in [2.05, 4.69) is 27.7 Å². The molecule has 0 aromatic rings. The molecule has 4 heteroatoms. The molecule has 2 aliphatic heterocycles. The second kappa shape index (κ2) is 6.93. The van der Waals surface area contributed by atoms with Crippen molar-refractivity contribution in [1.29, 1.82) is 0 Å². The highest BCUT2D eigenvalue weighted by Gasteiger charge is 2.69. The molecule has 0 aromatic carbocycles. The van der Waals surface area contributed by atoms with Crippen LogP contribution in [0.25, 0.3) is 0 Å². The average molecular weight is 433 g/mol. The molecule has 0 bridgehead atoms. The van der Waals surface area contributed by atoms with Crippen molar-refractivity contribution in [3.05, 3.63) is 0 Å². The summed E-state index contributed by atoms with van der Waals surface area (Å²) < 4.78 is 13.3. The van der Waals surface area contributed by atoms with E-state index in [1.807, 2.05) is 0 Å². The standard InChI is InChI=1S/C27H44O4/c1-15-7-10-27(30-14-15)16(2)24-22(31-27)13-21-19-6-5-17-11-18(28)12-23(29)26(17,4)20(19)8-9-25(21,24)3/h15-24,28-29H,5-14H2,1-4H3/t15-,16-,17+,18+,19-,20-,21+,22-,23+,24-,25-,26-,27+/m0/s1. The molecule has 6 rings (SSSR count). The van der Waals surface area contributed by atoms with Crippen molar-refractivity contribution in [2.75, 3.05) is 6.61 Å². The van der Waals surface area contributed by atoms with E-state index in [-0.39, 0.29) is 23.4 Å². The minimum atomic E-state index is -0.351. The minimum Gasteiger partial charge on any atom is -0.393 e. The van der Waals surface area contributed by atoms with Gasteiger partial charge in [0.05, 0.1) is 24.9 Å². The monoisotopic (exact) mass is 432 g/mol. The molecule has 0 radical (unpaired) electrons. The van der Waals surface area contributed by atoms with Crippen LogP contribution in [0.5, 0.6) is 0 Å². The number of fused-ring (bicyclic) bond motifs is 7. The Morgan fingerprint density at radius 3 is 2.42 bits per heavy atom. The zero-order valence-corrected chi connectivity index (χ0v) is 20.1. The van der Waals surface area contributed by atoms with Crippen LogP contribution in [0.4, 0.5) is 0 Å². The van der Waals surface area contributed by atoms with Gasteiger partial charge in [0.25, 0.3) is 0 Å². The zero-order valence-electron chi connectivity index (χ0n) is 20.1. The van der Waals surface area contributed by atoms with Gasteiger partial charge < -0.3 is 19.7 Å². The minimum absolute atomic E-state index is 0.0164. The zero-order chi connectivity index (χ0) is 21.8. The molecule has 13 atom stereocenters. The van der Waals surface area contributed by atoms with E-state index in [4.69, 9.17) is 9.47 Å². The predicted molar refractivity (Wildman–Crippen MR) is 119 cm³/mol. The Hall–Kier alpha value is -0.160. The fraction of sp³-hybridized carbons (Fsp3) is 1.00. The molecule has 176 valence electrons. The van der Waals surface area contributed by atoms with E-state index in [1.54, 1.807) is 0 Å². The first-order valence-corrected chi connectivity index (χ1v) is 13.4. The molecular weight excluding hydrogens is 388 g/mol. The van der Waals surface area contributed by atoms with Crippen molar-refractivity contribution >= 4 is 0 Å². The third-order valence-corrected chi connectivity index (χ3v) is 12.0. The van der Waals surface area contributed by atoms with E-state index in [0.29, 0.717) is 59.4 Å². The molecule has 0 aromatic heterocycles. The smallest absolute Gasteiger partial charge is 0.171 e. The van der Waals surface area contributed by atoms with Crippen LogP contribution in [0.15, 0.2) is 0 Å². The first-order chi connectivity index (χ1) is 14.7. The van der Waals surface area contributed by atoms with Crippen LogP contribution in [0.3, 0.4) is 0 Å². The van der Waals surface area contributed by atoms with Gasteiger partial charge >= 0.3 is 0 Å². The van der Waals surface area contributed by atoms with Crippen molar-refractivity contribution in [3.8, 4) is 0 Å². The highest BCUT2D eigenvalue weighted by atomic mass is 16.7. The molecule has 0 unspecified atom stereocenters. The maximum absolute atomic E-state index is 11.2. The fourth-order valence-electron chi connectivity index (χ4n) is 10.3. The number of aliphatic hydroxyl groups excluding tert-OH is 2. The van der Waals surface area contributed by atoms with Gasteiger partial charge in [-0.2, -0.15) is 0 Å². The van der Waals surface area contributed by atoms with Crippen LogP contribution in [-0.4, -0.2) is 40.9 Å². The first kappa shape index (κ1) is 21.4. The Morgan fingerprint density at radius 2 is 1.68 bits per heavy atom. The predicted octanol–water partition coefficient (Wildman–Crippen LogP) is 4.76. The molecule has 4 aliphatic carbocycles. The third-order valence-electron chi connectivity index (χ3n) is 12.0. The molecule has 2 N–H and O–H groups in total. The summed E-state index contributed by atoms with van der Waals surface area (Å²) in [5, 5.41) is 21.5. The summed E-state index contributed by atoms with van der Waals surface area (Å²) in [7, 11) is 0. The maximum atomic E-state index is 11.2. The van der Waals surface area contributed by atoms with Crippen molar-refractivity contribution < 1.29 is 19.7 Å². The fourth-order valence-corrected chi connectivity index (χ4v) is 10.3. The lowest BCUT2D eigenvalue weighted by Crippen LogP contribution is -2.59. The highest BCUT2D eigenvalue weighted by molar-refractivity contribution is 5.16. The number of hydrogen-bond donors (Lipinski definition) is 2. The summed E-state index contributed by atoms with van der Waals surface area (Å²) in [5.41, 5.74) is 0.320. The molecule has 0 amide bonds. The van der Waals surface area contributed by atoms with Gasteiger partial charge in [0.2, 0.25) is 0 Å². The number of hydrogen-bond acceptors (Lipinski definition) is 4. The van der Waals surface area contributed by atoms with E-state index >= 15 is 0 Å². The van der Waals surface area contributed by atoms with Crippen LogP contribution in [0.1, 0.15) is 85.5 Å². The molecule has 2 heterocycles. The molecule has 2 saturated heterocycles. The highest BCUT2D eigenvalue weighted by Crippen LogP contribution is 2.71. The second-order valence-corrected chi connectivity index (χ2v) is 13.2. The first-order valence-electron chi connectivity index (χ1n) is 13.4. The van der Waals surface area contributed by atoms with Crippen LogP contribution < -0.4 is 0 Å². The number of ether oxygens (including phenoxy) is 2. The second-order valence-electron chi connectivity index (χ2n) is 13.2. The summed E-state index contributed by atoms with van der Waals surface area (Å²) in [5.74, 6) is 3.89. The number of rotatable bonds is 0. The molecule has 4 saturated carbocycles. The van der Waals surface area contributed by atoms with Crippen LogP contribution in [0.2, 0.25) is 0 Å². The maximum Gasteiger partial charge on any atom is 0.171 e. The van der Waals surface area contributed by atoms with Gasteiger partial charge in [0.15, 0.2) is 5.79 Å². The SMILES string of the molecule is C[C@H]1CC[C@@]2(OC1)O[C@H]1C[C@@H]3[C@H]4CC[C@@H]5C[C@@H](O)C[C@@H](O)[C@]5(C)[C@H]4CC[C@]3(C)[C@H]1[C@@H]2C. The summed E-state index contributed by atoms with van der Waals surface area (Å²) in [6.45, 7) is 10.5. The number of aliphatic hydroxyl groups is 2. The molecular formula is C27H44O4. The van der Waals surface area contributed by atoms with Crippen molar-refractivity contribution in [3.63, 3.8) is 0 Å². The van der Waals surface area contributed by atoms with Gasteiger partial charge in [0.1, 0.15) is 0 Å². The summed E-state index contributed by atoms with van der Waals surface area (Å²) in [6, 6.07) is 0. The summed E-state index contributed by atoms with van der Waals surface area (Å²) in [4.78, 5) is 0. The Kier molecular flexibility index (Phi) is 4.78. The quantitative estimate of drug-likeness (QED) is 0.579. The topological polar surface area (TPSA) is 58.9 Å². The largest absolute Gasteiger partial charge is 0.393 e. The Balaban J connectivity index is 1.27. The summed E-state index contributed by atoms with van der Waals surface area (Å²) >= 11 is 0. The molecule has 1 spiro atoms.